The van der Waals surface area contributed by atoms with Gasteiger partial charge in [-0.05, 0) is 22.0 Å². The van der Waals surface area contributed by atoms with Crippen molar-refractivity contribution < 1.29 is 27.5 Å². The average Bonchev–Trinajstić information content (AvgIpc) is 2.73. The van der Waals surface area contributed by atoms with Gasteiger partial charge in [0.1, 0.15) is 0 Å². The molecule has 0 atom stereocenters. The number of aromatic carboxylic acids is 1. The number of halogens is 5. The molecule has 106 valence electrons. The standard InChI is InChI=1S/C11H5BrF4N2O2/c12-5-1-8(13)9(17-2-5)18-3-6(10(19)20)7(4-18)11(14,15)16/h1-4H,(H,19,20). The highest BCUT2D eigenvalue weighted by Gasteiger charge is 2.37. The van der Waals surface area contributed by atoms with Crippen molar-refractivity contribution in [2.24, 2.45) is 0 Å². The summed E-state index contributed by atoms with van der Waals surface area (Å²) in [7, 11) is 0. The van der Waals surface area contributed by atoms with Crippen LogP contribution in [0, 0.1) is 5.82 Å². The number of carbonyl (C=O) groups is 1. The molecule has 0 unspecified atom stereocenters. The Morgan fingerprint density at radius 1 is 1.35 bits per heavy atom. The smallest absolute Gasteiger partial charge is 0.418 e. The van der Waals surface area contributed by atoms with Gasteiger partial charge in [0, 0.05) is 23.1 Å². The first-order valence-electron chi connectivity index (χ1n) is 5.04. The molecule has 2 rings (SSSR count). The third-order valence-corrected chi connectivity index (χ3v) is 2.83. The topological polar surface area (TPSA) is 55.1 Å². The summed E-state index contributed by atoms with van der Waals surface area (Å²) in [6, 6.07) is 1.01. The van der Waals surface area contributed by atoms with E-state index in [0.29, 0.717) is 21.4 Å². The molecule has 20 heavy (non-hydrogen) atoms. The first-order chi connectivity index (χ1) is 9.20. The molecule has 0 saturated heterocycles. The molecule has 0 aromatic carbocycles. The Hall–Kier alpha value is -1.90. The Morgan fingerprint density at radius 3 is 2.45 bits per heavy atom. The fraction of sp³-hybridized carbons (Fsp3) is 0.0909. The molecule has 0 aliphatic carbocycles. The van der Waals surface area contributed by atoms with E-state index in [0.717, 1.165) is 6.07 Å². The van der Waals surface area contributed by atoms with E-state index < -0.39 is 34.9 Å². The lowest BCUT2D eigenvalue weighted by atomic mass is 10.2. The number of carboxylic acids is 1. The van der Waals surface area contributed by atoms with Crippen LogP contribution in [-0.4, -0.2) is 20.6 Å². The van der Waals surface area contributed by atoms with Crippen molar-refractivity contribution in [3.8, 4) is 5.82 Å². The molecule has 2 aromatic rings. The summed E-state index contributed by atoms with van der Waals surface area (Å²) in [5.41, 5.74) is -2.34. The van der Waals surface area contributed by atoms with E-state index in [1.165, 1.54) is 6.20 Å². The van der Waals surface area contributed by atoms with Crippen molar-refractivity contribution in [2.45, 2.75) is 6.18 Å². The highest BCUT2D eigenvalue weighted by Crippen LogP contribution is 2.33. The van der Waals surface area contributed by atoms with Crippen LogP contribution in [0.4, 0.5) is 17.6 Å². The normalized spacial score (nSPS) is 11.7. The third-order valence-electron chi connectivity index (χ3n) is 2.40. The molecular weight excluding hydrogens is 348 g/mol. The van der Waals surface area contributed by atoms with Crippen LogP contribution in [0.5, 0.6) is 0 Å². The molecule has 0 aliphatic heterocycles. The molecule has 0 aliphatic rings. The lowest BCUT2D eigenvalue weighted by Gasteiger charge is -2.05. The molecule has 0 saturated carbocycles. The van der Waals surface area contributed by atoms with Gasteiger partial charge < -0.3 is 9.67 Å². The van der Waals surface area contributed by atoms with Gasteiger partial charge in [-0.15, -0.1) is 0 Å². The maximum absolute atomic E-state index is 13.6. The van der Waals surface area contributed by atoms with Gasteiger partial charge in [-0.3, -0.25) is 0 Å². The fourth-order valence-electron chi connectivity index (χ4n) is 1.57. The first-order valence-corrected chi connectivity index (χ1v) is 5.83. The Bertz CT molecular complexity index is 682. The number of alkyl halides is 3. The van der Waals surface area contributed by atoms with E-state index in [9.17, 15) is 22.4 Å². The van der Waals surface area contributed by atoms with Crippen LogP contribution < -0.4 is 0 Å². The molecule has 4 nitrogen and oxygen atoms in total. The van der Waals surface area contributed by atoms with E-state index >= 15 is 0 Å². The SMILES string of the molecule is O=C(O)c1cn(-c2ncc(Br)cc2F)cc1C(F)(F)F. The summed E-state index contributed by atoms with van der Waals surface area (Å²) in [5, 5.41) is 8.77. The summed E-state index contributed by atoms with van der Waals surface area (Å²) >= 11 is 2.96. The lowest BCUT2D eigenvalue weighted by molar-refractivity contribution is -0.138. The second-order valence-corrected chi connectivity index (χ2v) is 4.67. The largest absolute Gasteiger partial charge is 0.478 e. The molecule has 0 radical (unpaired) electrons. The quantitative estimate of drug-likeness (QED) is 0.841. The van der Waals surface area contributed by atoms with E-state index in [1.807, 2.05) is 0 Å². The summed E-state index contributed by atoms with van der Waals surface area (Å²) in [4.78, 5) is 14.4. The molecule has 1 N–H and O–H groups in total. The predicted molar refractivity (Wildman–Crippen MR) is 63.2 cm³/mol. The summed E-state index contributed by atoms with van der Waals surface area (Å²) in [6.45, 7) is 0. The third kappa shape index (κ3) is 2.67. The van der Waals surface area contributed by atoms with Crippen molar-refractivity contribution in [1.29, 1.82) is 0 Å². The van der Waals surface area contributed by atoms with Gasteiger partial charge in [0.15, 0.2) is 11.6 Å². The van der Waals surface area contributed by atoms with Crippen LogP contribution in [0.2, 0.25) is 0 Å². The van der Waals surface area contributed by atoms with Crippen molar-refractivity contribution in [3.63, 3.8) is 0 Å². The maximum Gasteiger partial charge on any atom is 0.418 e. The van der Waals surface area contributed by atoms with Gasteiger partial charge in [-0.1, -0.05) is 0 Å². The number of nitrogens with zero attached hydrogens (tertiary/aromatic N) is 2. The fourth-order valence-corrected chi connectivity index (χ4v) is 1.87. The van der Waals surface area contributed by atoms with Crippen LogP contribution >= 0.6 is 15.9 Å². The van der Waals surface area contributed by atoms with Gasteiger partial charge in [-0.25, -0.2) is 14.2 Å². The zero-order valence-electron chi connectivity index (χ0n) is 9.45. The van der Waals surface area contributed by atoms with E-state index in [1.54, 1.807) is 0 Å². The van der Waals surface area contributed by atoms with Crippen LogP contribution in [0.1, 0.15) is 15.9 Å². The van der Waals surface area contributed by atoms with Crippen LogP contribution in [0.25, 0.3) is 5.82 Å². The summed E-state index contributed by atoms with van der Waals surface area (Å²) in [6.07, 6.45) is -2.51. The van der Waals surface area contributed by atoms with E-state index in [4.69, 9.17) is 5.11 Å². The molecule has 0 fully saturated rings. The molecule has 0 amide bonds. The number of hydrogen-bond acceptors (Lipinski definition) is 2. The van der Waals surface area contributed by atoms with Gasteiger partial charge in [0.05, 0.1) is 11.1 Å². The highest BCUT2D eigenvalue weighted by atomic mass is 79.9. The first kappa shape index (κ1) is 14.5. The van der Waals surface area contributed by atoms with Gasteiger partial charge >= 0.3 is 12.1 Å². The molecule has 2 aromatic heterocycles. The van der Waals surface area contributed by atoms with Crippen LogP contribution in [-0.2, 0) is 6.18 Å². The molecular formula is C11H5BrF4N2O2. The predicted octanol–water partition coefficient (Wildman–Crippen LogP) is 3.49. The van der Waals surface area contributed by atoms with E-state index in [2.05, 4.69) is 20.9 Å². The van der Waals surface area contributed by atoms with E-state index in [-0.39, 0.29) is 0 Å². The highest BCUT2D eigenvalue weighted by molar-refractivity contribution is 9.10. The summed E-state index contributed by atoms with van der Waals surface area (Å²) in [5.74, 6) is -3.07. The zero-order chi connectivity index (χ0) is 15.1. The average molecular weight is 353 g/mol. The molecule has 9 heteroatoms. The second kappa shape index (κ2) is 4.89. The second-order valence-electron chi connectivity index (χ2n) is 3.75. The maximum atomic E-state index is 13.6. The van der Waals surface area contributed by atoms with Crippen molar-refractivity contribution in [1.82, 2.24) is 9.55 Å². The molecule has 2 heterocycles. The minimum atomic E-state index is -4.86. The lowest BCUT2D eigenvalue weighted by Crippen LogP contribution is -2.09. The molecule has 0 bridgehead atoms. The number of hydrogen-bond donors (Lipinski definition) is 1. The van der Waals surface area contributed by atoms with Crippen molar-refractivity contribution in [2.75, 3.05) is 0 Å². The zero-order valence-corrected chi connectivity index (χ0v) is 11.0. The Labute approximate surface area is 117 Å². The van der Waals surface area contributed by atoms with Crippen LogP contribution in [0.3, 0.4) is 0 Å². The number of pyridine rings is 1. The van der Waals surface area contributed by atoms with Gasteiger partial charge in [0.25, 0.3) is 0 Å². The minimum Gasteiger partial charge on any atom is -0.478 e. The number of rotatable bonds is 2. The Morgan fingerprint density at radius 2 is 2.00 bits per heavy atom. The monoisotopic (exact) mass is 352 g/mol. The summed E-state index contributed by atoms with van der Waals surface area (Å²) < 4.78 is 52.7. The van der Waals surface area contributed by atoms with Gasteiger partial charge in [-0.2, -0.15) is 13.2 Å². The molecule has 0 spiro atoms. The number of carboxylic acid groups (broad SMARTS) is 1. The van der Waals surface area contributed by atoms with Crippen molar-refractivity contribution in [3.05, 3.63) is 46.1 Å². The number of aromatic nitrogens is 2. The van der Waals surface area contributed by atoms with Crippen molar-refractivity contribution >= 4 is 21.9 Å². The van der Waals surface area contributed by atoms with Gasteiger partial charge in [0.2, 0.25) is 0 Å². The Kier molecular flexibility index (Phi) is 3.55. The van der Waals surface area contributed by atoms with Crippen LogP contribution in [0.15, 0.2) is 29.1 Å². The minimum absolute atomic E-state index is 0.306. The Balaban J connectivity index is 2.62.